The van der Waals surface area contributed by atoms with E-state index in [0.29, 0.717) is 17.4 Å². The van der Waals surface area contributed by atoms with Crippen LogP contribution in [0.15, 0.2) is 30.3 Å². The van der Waals surface area contributed by atoms with E-state index in [1.165, 1.54) is 13.2 Å². The number of carbonyl (C=O) groups excluding carboxylic acids is 1. The molecule has 130 valence electrons. The lowest BCUT2D eigenvalue weighted by atomic mass is 9.85. The lowest BCUT2D eigenvalue weighted by molar-refractivity contribution is 0.112. The zero-order valence-corrected chi connectivity index (χ0v) is 14.5. The van der Waals surface area contributed by atoms with Gasteiger partial charge in [-0.15, -0.1) is 0 Å². The molecule has 0 fully saturated rings. The zero-order valence-electron chi connectivity index (χ0n) is 14.5. The zero-order chi connectivity index (χ0) is 18.4. The number of carbonyl (C=O) groups is 1. The minimum atomic E-state index is -0.807. The average molecular weight is 343 g/mol. The van der Waals surface area contributed by atoms with Crippen molar-refractivity contribution in [2.75, 3.05) is 12.4 Å². The molecule has 2 aromatic rings. The van der Waals surface area contributed by atoms with Crippen LogP contribution in [0.5, 0.6) is 5.75 Å². The highest BCUT2D eigenvalue weighted by molar-refractivity contribution is 6.00. The predicted molar refractivity (Wildman–Crippen MR) is 95.1 cm³/mol. The van der Waals surface area contributed by atoms with Crippen LogP contribution in [0.25, 0.3) is 16.7 Å². The summed E-state index contributed by atoms with van der Waals surface area (Å²) in [5, 5.41) is 3.36. The molecule has 1 heterocycles. The van der Waals surface area contributed by atoms with Crippen LogP contribution >= 0.6 is 0 Å². The van der Waals surface area contributed by atoms with Crippen molar-refractivity contribution in [3.63, 3.8) is 0 Å². The molecule has 0 atom stereocenters. The smallest absolute Gasteiger partial charge is 0.168 e. The van der Waals surface area contributed by atoms with E-state index in [-0.39, 0.29) is 16.9 Å². The second kappa shape index (κ2) is 5.99. The first-order valence-electron chi connectivity index (χ1n) is 7.91. The number of nitrogens with one attached hydrogen (secondary N) is 1. The first-order chi connectivity index (χ1) is 11.8. The number of hydrogen-bond acceptors (Lipinski definition) is 3. The Balaban J connectivity index is 2.32. The third kappa shape index (κ3) is 2.90. The molecule has 2 aromatic carbocycles. The molecule has 0 amide bonds. The Morgan fingerprint density at radius 1 is 1.16 bits per heavy atom. The van der Waals surface area contributed by atoms with Crippen molar-refractivity contribution in [2.45, 2.75) is 26.3 Å². The molecule has 0 aromatic heterocycles. The number of aldehydes is 1. The van der Waals surface area contributed by atoms with Gasteiger partial charge in [0.05, 0.1) is 12.6 Å². The minimum Gasteiger partial charge on any atom is -0.493 e. The maximum Gasteiger partial charge on any atom is 0.168 e. The summed E-state index contributed by atoms with van der Waals surface area (Å²) in [6.07, 6.45) is 2.74. The van der Waals surface area contributed by atoms with E-state index in [2.05, 4.69) is 5.32 Å². The third-order valence-electron chi connectivity index (χ3n) is 4.29. The molecule has 0 radical (unpaired) electrons. The fourth-order valence-corrected chi connectivity index (χ4v) is 3.47. The maximum absolute atomic E-state index is 14.1. The molecule has 3 rings (SSSR count). The normalized spacial score (nSPS) is 15.0. The Labute approximate surface area is 145 Å². The van der Waals surface area contributed by atoms with Gasteiger partial charge in [0.25, 0.3) is 0 Å². The second-order valence-electron chi connectivity index (χ2n) is 6.71. The number of ether oxygens (including phenoxy) is 1. The quantitative estimate of drug-likeness (QED) is 0.792. The fourth-order valence-electron chi connectivity index (χ4n) is 3.47. The summed E-state index contributed by atoms with van der Waals surface area (Å²) in [5.74, 6) is -1.62. The Morgan fingerprint density at radius 3 is 2.52 bits per heavy atom. The molecule has 0 spiro atoms. The summed E-state index contributed by atoms with van der Waals surface area (Å²) < 4.78 is 32.9. The number of allylic oxidation sites excluding steroid dienone is 1. The Hall–Kier alpha value is -2.69. The van der Waals surface area contributed by atoms with Crippen LogP contribution in [0.3, 0.4) is 0 Å². The van der Waals surface area contributed by atoms with Crippen LogP contribution in [-0.4, -0.2) is 18.9 Å². The van der Waals surface area contributed by atoms with E-state index in [1.807, 2.05) is 32.9 Å². The van der Waals surface area contributed by atoms with Gasteiger partial charge in [0.15, 0.2) is 17.9 Å². The summed E-state index contributed by atoms with van der Waals surface area (Å²) in [6, 6.07) is 5.44. The SMILES string of the molecule is COc1c(F)cc(F)cc1-c1ccc2c(c1C=O)C(C)=CC(C)(C)N2. The van der Waals surface area contributed by atoms with E-state index in [0.717, 1.165) is 22.9 Å². The van der Waals surface area contributed by atoms with Crippen LogP contribution in [0.1, 0.15) is 36.7 Å². The summed E-state index contributed by atoms with van der Waals surface area (Å²) in [4.78, 5) is 11.9. The Bertz CT molecular complexity index is 901. The van der Waals surface area contributed by atoms with Gasteiger partial charge >= 0.3 is 0 Å². The van der Waals surface area contributed by atoms with Crippen molar-refractivity contribution >= 4 is 17.5 Å². The lowest BCUT2D eigenvalue weighted by Crippen LogP contribution is -2.31. The highest BCUT2D eigenvalue weighted by atomic mass is 19.1. The second-order valence-corrected chi connectivity index (χ2v) is 6.71. The predicted octanol–water partition coefficient (Wildman–Crippen LogP) is 5.06. The number of benzene rings is 2. The number of fused-ring (bicyclic) bond motifs is 1. The molecule has 1 aliphatic rings. The van der Waals surface area contributed by atoms with Crippen LogP contribution in [0.4, 0.5) is 14.5 Å². The van der Waals surface area contributed by atoms with Crippen molar-refractivity contribution in [1.29, 1.82) is 0 Å². The largest absolute Gasteiger partial charge is 0.493 e. The van der Waals surface area contributed by atoms with Gasteiger partial charge in [0.1, 0.15) is 5.82 Å². The number of hydrogen-bond donors (Lipinski definition) is 1. The monoisotopic (exact) mass is 343 g/mol. The molecule has 0 saturated heterocycles. The van der Waals surface area contributed by atoms with E-state index in [9.17, 15) is 13.6 Å². The van der Waals surface area contributed by atoms with E-state index < -0.39 is 11.6 Å². The van der Waals surface area contributed by atoms with Crippen LogP contribution in [-0.2, 0) is 0 Å². The molecule has 3 nitrogen and oxygen atoms in total. The molecule has 1 aliphatic heterocycles. The lowest BCUT2D eigenvalue weighted by Gasteiger charge is -2.32. The Morgan fingerprint density at radius 2 is 1.88 bits per heavy atom. The van der Waals surface area contributed by atoms with E-state index in [1.54, 1.807) is 6.07 Å². The summed E-state index contributed by atoms with van der Waals surface area (Å²) in [6.45, 7) is 5.97. The molecule has 0 bridgehead atoms. The first kappa shape index (κ1) is 17.1. The van der Waals surface area contributed by atoms with Crippen LogP contribution in [0, 0.1) is 11.6 Å². The van der Waals surface area contributed by atoms with E-state index >= 15 is 0 Å². The number of halogens is 2. The molecule has 0 unspecified atom stereocenters. The summed E-state index contributed by atoms with van der Waals surface area (Å²) >= 11 is 0. The fraction of sp³-hybridized carbons (Fsp3) is 0.250. The standard InChI is InChI=1S/C20H19F2NO2/c1-11-9-20(2,3)23-17-6-5-13(15(10-24)18(11)17)14-7-12(21)8-16(22)19(14)25-4/h5-10,23H,1-4H3. The van der Waals surface area contributed by atoms with Gasteiger partial charge in [0.2, 0.25) is 0 Å². The molecular weight excluding hydrogens is 324 g/mol. The highest BCUT2D eigenvalue weighted by Gasteiger charge is 2.27. The van der Waals surface area contributed by atoms with Gasteiger partial charge in [0, 0.05) is 28.4 Å². The van der Waals surface area contributed by atoms with Crippen molar-refractivity contribution in [3.8, 4) is 16.9 Å². The van der Waals surface area contributed by atoms with Crippen molar-refractivity contribution in [2.24, 2.45) is 0 Å². The molecular formula is C20H19F2NO2. The molecule has 1 N–H and O–H groups in total. The maximum atomic E-state index is 14.1. The van der Waals surface area contributed by atoms with Crippen LogP contribution in [0.2, 0.25) is 0 Å². The van der Waals surface area contributed by atoms with E-state index in [4.69, 9.17) is 4.74 Å². The molecule has 5 heteroatoms. The van der Waals surface area contributed by atoms with Gasteiger partial charge in [-0.1, -0.05) is 12.1 Å². The topological polar surface area (TPSA) is 38.3 Å². The minimum absolute atomic E-state index is 0.0878. The first-order valence-corrected chi connectivity index (χ1v) is 7.91. The van der Waals surface area contributed by atoms with Gasteiger partial charge in [-0.25, -0.2) is 8.78 Å². The number of anilines is 1. The summed E-state index contributed by atoms with van der Waals surface area (Å²) in [7, 11) is 1.31. The van der Waals surface area contributed by atoms with Crippen molar-refractivity contribution in [3.05, 3.63) is 53.1 Å². The molecule has 0 aliphatic carbocycles. The van der Waals surface area contributed by atoms with Gasteiger partial charge in [-0.05, 0) is 44.0 Å². The van der Waals surface area contributed by atoms with Gasteiger partial charge in [-0.2, -0.15) is 0 Å². The van der Waals surface area contributed by atoms with Crippen molar-refractivity contribution in [1.82, 2.24) is 0 Å². The summed E-state index contributed by atoms with van der Waals surface area (Å²) in [5.41, 5.74) is 3.24. The highest BCUT2D eigenvalue weighted by Crippen LogP contribution is 2.42. The van der Waals surface area contributed by atoms with Crippen LogP contribution < -0.4 is 10.1 Å². The molecule has 0 saturated carbocycles. The number of rotatable bonds is 3. The van der Waals surface area contributed by atoms with Gasteiger partial charge < -0.3 is 10.1 Å². The molecule has 25 heavy (non-hydrogen) atoms. The Kier molecular flexibility index (Phi) is 4.11. The average Bonchev–Trinajstić information content (AvgIpc) is 2.51. The van der Waals surface area contributed by atoms with Crippen molar-refractivity contribution < 1.29 is 18.3 Å². The number of methoxy groups -OCH3 is 1. The third-order valence-corrected chi connectivity index (χ3v) is 4.29. The van der Waals surface area contributed by atoms with Gasteiger partial charge in [-0.3, -0.25) is 4.79 Å².